The number of nitrogens with zero attached hydrogens (tertiary/aromatic N) is 2. The van der Waals surface area contributed by atoms with Gasteiger partial charge in [-0.3, -0.25) is 0 Å². The average Bonchev–Trinajstić information content (AvgIpc) is 3.37. The first-order valence-electron chi connectivity index (χ1n) is 11.4. The Balaban J connectivity index is 1.38. The lowest BCUT2D eigenvalue weighted by atomic mass is 10.0. The second kappa shape index (κ2) is 10.7. The second-order valence-corrected chi connectivity index (χ2v) is 7.97. The van der Waals surface area contributed by atoms with Crippen molar-refractivity contribution in [1.82, 2.24) is 9.78 Å². The topological polar surface area (TPSA) is 65.4 Å². The zero-order valence-corrected chi connectivity index (χ0v) is 19.4. The summed E-state index contributed by atoms with van der Waals surface area (Å²) >= 11 is 0. The maximum Gasteiger partial charge on any atom is 0.387 e. The molecule has 6 nitrogen and oxygen atoms in total. The molecule has 0 aliphatic rings. The van der Waals surface area contributed by atoms with Crippen LogP contribution in [0.4, 0.5) is 19.3 Å². The van der Waals surface area contributed by atoms with Gasteiger partial charge in [0.05, 0.1) is 0 Å². The first kappa shape index (κ1) is 23.7. The molecular weight excluding hydrogens is 476 g/mol. The Bertz CT molecular complexity index is 1470. The molecule has 0 spiro atoms. The SMILES string of the molecule is O=C(Nc1ccc(Oc2ccccc2)cc1)n1cc(-c2ccccc2)c(-c2ccc(OC(F)F)cc2)n1. The highest BCUT2D eigenvalue weighted by atomic mass is 19.3. The molecule has 0 saturated heterocycles. The van der Waals surface area contributed by atoms with Crippen LogP contribution in [0.2, 0.25) is 0 Å². The summed E-state index contributed by atoms with van der Waals surface area (Å²) in [4.78, 5) is 13.0. The molecule has 0 aliphatic carbocycles. The Hall–Kier alpha value is -4.98. The number of carbonyl (C=O) groups is 1. The summed E-state index contributed by atoms with van der Waals surface area (Å²) in [7, 11) is 0. The monoisotopic (exact) mass is 497 g/mol. The molecule has 4 aromatic carbocycles. The fraction of sp³-hybridized carbons (Fsp3) is 0.0345. The quantitative estimate of drug-likeness (QED) is 0.250. The number of aromatic nitrogens is 2. The third-order valence-corrected chi connectivity index (χ3v) is 5.44. The molecule has 5 aromatic rings. The average molecular weight is 498 g/mol. The summed E-state index contributed by atoms with van der Waals surface area (Å²) in [5, 5.41) is 7.33. The molecule has 0 bridgehead atoms. The van der Waals surface area contributed by atoms with Crippen LogP contribution in [0.25, 0.3) is 22.4 Å². The van der Waals surface area contributed by atoms with Gasteiger partial charge >= 0.3 is 12.6 Å². The van der Waals surface area contributed by atoms with E-state index in [0.29, 0.717) is 34.0 Å². The van der Waals surface area contributed by atoms with Gasteiger partial charge in [-0.1, -0.05) is 48.5 Å². The number of nitrogens with one attached hydrogen (secondary N) is 1. The van der Waals surface area contributed by atoms with E-state index >= 15 is 0 Å². The lowest BCUT2D eigenvalue weighted by Crippen LogP contribution is -2.19. The van der Waals surface area contributed by atoms with Gasteiger partial charge in [-0.05, 0) is 66.2 Å². The van der Waals surface area contributed by atoms with Crippen LogP contribution >= 0.6 is 0 Å². The normalized spacial score (nSPS) is 10.8. The predicted octanol–water partition coefficient (Wildman–Crippen LogP) is 7.69. The summed E-state index contributed by atoms with van der Waals surface area (Å²) in [6.45, 7) is -2.91. The van der Waals surface area contributed by atoms with Crippen molar-refractivity contribution in [3.05, 3.63) is 115 Å². The van der Waals surface area contributed by atoms with E-state index in [4.69, 9.17) is 4.74 Å². The molecule has 0 radical (unpaired) electrons. The Morgan fingerprint density at radius 1 is 0.730 bits per heavy atom. The molecule has 184 valence electrons. The maximum absolute atomic E-state index is 13.0. The molecule has 1 heterocycles. The number of para-hydroxylation sites is 1. The number of hydrogen-bond acceptors (Lipinski definition) is 4. The highest BCUT2D eigenvalue weighted by Gasteiger charge is 2.17. The second-order valence-electron chi connectivity index (χ2n) is 7.97. The number of rotatable bonds is 7. The molecule has 1 N–H and O–H groups in total. The van der Waals surface area contributed by atoms with E-state index in [9.17, 15) is 13.6 Å². The van der Waals surface area contributed by atoms with Gasteiger partial charge in [0, 0.05) is 23.0 Å². The summed E-state index contributed by atoms with van der Waals surface area (Å²) in [6.07, 6.45) is 1.64. The van der Waals surface area contributed by atoms with Crippen molar-refractivity contribution in [3.63, 3.8) is 0 Å². The van der Waals surface area contributed by atoms with Gasteiger partial charge in [-0.15, -0.1) is 0 Å². The van der Waals surface area contributed by atoms with Gasteiger partial charge < -0.3 is 14.8 Å². The number of ether oxygens (including phenoxy) is 2. The fourth-order valence-electron chi connectivity index (χ4n) is 3.73. The Morgan fingerprint density at radius 2 is 1.32 bits per heavy atom. The van der Waals surface area contributed by atoms with E-state index in [1.165, 1.54) is 16.8 Å². The molecule has 0 unspecified atom stereocenters. The molecule has 0 saturated carbocycles. The van der Waals surface area contributed by atoms with E-state index in [2.05, 4.69) is 15.2 Å². The number of halogens is 2. The highest BCUT2D eigenvalue weighted by molar-refractivity contribution is 5.92. The minimum absolute atomic E-state index is 0.0388. The molecule has 0 aliphatic heterocycles. The molecule has 1 aromatic heterocycles. The summed E-state index contributed by atoms with van der Waals surface area (Å²) in [5.74, 6) is 1.39. The van der Waals surface area contributed by atoms with Gasteiger partial charge in [0.2, 0.25) is 0 Å². The zero-order valence-electron chi connectivity index (χ0n) is 19.4. The molecule has 0 atom stereocenters. The lowest BCUT2D eigenvalue weighted by molar-refractivity contribution is -0.0498. The van der Waals surface area contributed by atoms with Gasteiger partial charge in [-0.2, -0.15) is 18.6 Å². The molecule has 1 amide bonds. The third kappa shape index (κ3) is 5.82. The van der Waals surface area contributed by atoms with E-state index in [0.717, 1.165) is 5.56 Å². The largest absolute Gasteiger partial charge is 0.457 e. The van der Waals surface area contributed by atoms with Crippen molar-refractivity contribution >= 4 is 11.7 Å². The first-order valence-corrected chi connectivity index (χ1v) is 11.4. The van der Waals surface area contributed by atoms with Crippen LogP contribution in [0.1, 0.15) is 0 Å². The van der Waals surface area contributed by atoms with E-state index in [1.807, 2.05) is 60.7 Å². The first-order chi connectivity index (χ1) is 18.0. The lowest BCUT2D eigenvalue weighted by Gasteiger charge is -2.08. The smallest absolute Gasteiger partial charge is 0.387 e. The highest BCUT2D eigenvalue weighted by Crippen LogP contribution is 2.32. The molecule has 5 rings (SSSR count). The Kier molecular flexibility index (Phi) is 6.89. The van der Waals surface area contributed by atoms with Gasteiger partial charge in [0.15, 0.2) is 0 Å². The summed E-state index contributed by atoms with van der Waals surface area (Å²) in [6, 6.07) is 31.5. The van der Waals surface area contributed by atoms with Crippen LogP contribution in [0.5, 0.6) is 17.2 Å². The molecule has 8 heteroatoms. The van der Waals surface area contributed by atoms with Crippen LogP contribution in [-0.2, 0) is 0 Å². The van der Waals surface area contributed by atoms with Crippen molar-refractivity contribution in [2.75, 3.05) is 5.32 Å². The van der Waals surface area contributed by atoms with Crippen LogP contribution in [0.3, 0.4) is 0 Å². The van der Waals surface area contributed by atoms with Gasteiger partial charge in [-0.25, -0.2) is 4.79 Å². The Morgan fingerprint density at radius 3 is 1.97 bits per heavy atom. The number of anilines is 1. The number of benzene rings is 4. The van der Waals surface area contributed by atoms with Crippen molar-refractivity contribution < 1.29 is 23.0 Å². The van der Waals surface area contributed by atoms with Gasteiger partial charge in [0.1, 0.15) is 22.9 Å². The summed E-state index contributed by atoms with van der Waals surface area (Å²) < 4.78 is 36.5. The molecule has 0 fully saturated rings. The van der Waals surface area contributed by atoms with Crippen molar-refractivity contribution in [3.8, 4) is 39.6 Å². The van der Waals surface area contributed by atoms with Gasteiger partial charge in [0.25, 0.3) is 0 Å². The third-order valence-electron chi connectivity index (χ3n) is 5.44. The molecular formula is C29H21F2N3O3. The van der Waals surface area contributed by atoms with Crippen LogP contribution < -0.4 is 14.8 Å². The number of hydrogen-bond donors (Lipinski definition) is 1. The van der Waals surface area contributed by atoms with E-state index in [-0.39, 0.29) is 5.75 Å². The fourth-order valence-corrected chi connectivity index (χ4v) is 3.73. The number of carbonyl (C=O) groups excluding carboxylic acids is 1. The number of amides is 1. The van der Waals surface area contributed by atoms with Crippen molar-refractivity contribution in [2.45, 2.75) is 6.61 Å². The maximum atomic E-state index is 13.0. The van der Waals surface area contributed by atoms with Crippen LogP contribution in [-0.4, -0.2) is 22.4 Å². The predicted molar refractivity (Wildman–Crippen MR) is 137 cm³/mol. The minimum Gasteiger partial charge on any atom is -0.457 e. The van der Waals surface area contributed by atoms with Crippen molar-refractivity contribution in [2.24, 2.45) is 0 Å². The zero-order chi connectivity index (χ0) is 25.6. The molecule has 37 heavy (non-hydrogen) atoms. The van der Waals surface area contributed by atoms with Crippen LogP contribution in [0.15, 0.2) is 115 Å². The number of alkyl halides is 2. The Labute approximate surface area is 211 Å². The standard InChI is InChI=1S/C29H21F2N3O3/c30-28(31)37-25-15-11-21(12-16-25)27-26(20-7-3-1-4-8-20)19-34(33-27)29(35)32-22-13-17-24(18-14-22)36-23-9-5-2-6-10-23/h1-19,28H,(H,32,35). The van der Waals surface area contributed by atoms with E-state index < -0.39 is 12.6 Å². The van der Waals surface area contributed by atoms with Crippen LogP contribution in [0, 0.1) is 0 Å². The van der Waals surface area contributed by atoms with Crippen molar-refractivity contribution in [1.29, 1.82) is 0 Å². The van der Waals surface area contributed by atoms with E-state index in [1.54, 1.807) is 42.6 Å². The minimum atomic E-state index is -2.91. The summed E-state index contributed by atoms with van der Waals surface area (Å²) in [5.41, 5.74) is 3.31.